The van der Waals surface area contributed by atoms with Crippen LogP contribution in [0.15, 0.2) is 0 Å². The quantitative estimate of drug-likeness (QED) is 0.0830. The Kier molecular flexibility index (Phi) is 35.7. The van der Waals surface area contributed by atoms with Gasteiger partial charge in [-0.2, -0.15) is 13.2 Å². The number of carboxylic acid groups (broad SMARTS) is 1. The molecule has 16 rings (SSSR count). The van der Waals surface area contributed by atoms with E-state index in [0.29, 0.717) is 51.4 Å². The summed E-state index contributed by atoms with van der Waals surface area (Å²) in [5.41, 5.74) is -0.595. The van der Waals surface area contributed by atoms with E-state index in [1.54, 1.807) is 4.01 Å². The zero-order valence-electron chi connectivity index (χ0n) is 68.4. The Morgan fingerprint density at radius 1 is 0.455 bits per heavy atom. The van der Waals surface area contributed by atoms with Gasteiger partial charge in [0.1, 0.15) is 24.1 Å². The number of carbonyl (C=O) groups is 4. The standard InChI is InChI=1S/C21H33BrO2.C21H34O3.C21H36O2.C21H34O2.C2HF3O2.CH4.BIS.2BS.Na/c2*1-20(24)9-7-14-13(11-20)3-4-16-15(14)8-10-21(2)17(16)5-6-18(21)19(23)12-22;2*1-13(22)18-6-7-19-17-5-4-14-12-20(2,23)10-8-15(14)16(17)9-11-21(18,19)3;3-2(4,5)1(6)7;;2-1-3;2*1-2;/h13-18,24H,3-12H2,1-2H3;13-18,22,24H,3-12H2,1-2H3;13-19,22-23H,4-12H2,1-3H3;14-19,23H,4-12H2,1-3H3;(H,6,7);1H4;;;;/q;;;;;;;;;+1/p-1/t2*13-,14-,15+,16+,17-,18+,20+,21-;13?,14-,15-,16+,17+,18?,19-,20+,21+;14-,15-,16+,17+,18+,19-,20+,21+;;;;;;/m0000....../s1. The topological polar surface area (TPSA) is 213 Å². The van der Waals surface area contributed by atoms with Crippen molar-refractivity contribution in [1.29, 1.82) is 0 Å². The molecule has 0 aromatic heterocycles. The largest absolute Gasteiger partial charge is 1.00 e. The minimum atomic E-state index is -5.19. The van der Waals surface area contributed by atoms with Crippen LogP contribution in [0, 0.1) is 164 Å². The Hall–Kier alpha value is 1.09. The Bertz CT molecular complexity index is 2980. The summed E-state index contributed by atoms with van der Waals surface area (Å²) >= 11 is 16.8. The van der Waals surface area contributed by atoms with Gasteiger partial charge in [-0.05, 0) is 419 Å². The molecule has 16 aliphatic rings. The first kappa shape index (κ1) is 98.2. The van der Waals surface area contributed by atoms with Crippen LogP contribution in [-0.2, 0) is 19.2 Å². The molecule has 16 aliphatic carbocycles. The van der Waals surface area contributed by atoms with Gasteiger partial charge in [-0.1, -0.05) is 51.1 Å². The first-order chi connectivity index (χ1) is 50.7. The third-order valence-corrected chi connectivity index (χ3v) is 35.9. The van der Waals surface area contributed by atoms with Crippen molar-refractivity contribution in [2.45, 2.75) is 342 Å². The molecule has 16 fully saturated rings. The molecular weight excluding hydrogens is 1640 g/mol. The van der Waals surface area contributed by atoms with Gasteiger partial charge in [-0.3, -0.25) is 14.4 Å². The Morgan fingerprint density at radius 2 is 0.700 bits per heavy atom. The van der Waals surface area contributed by atoms with E-state index in [1.165, 1.54) is 154 Å². The van der Waals surface area contributed by atoms with Crippen LogP contribution in [0.5, 0.6) is 0 Å². The van der Waals surface area contributed by atoms with Crippen molar-refractivity contribution in [3.05, 3.63) is 0 Å². The second-order valence-corrected chi connectivity index (χ2v) is 43.2. The normalized spacial score (nSPS) is 48.0. The first-order valence-electron chi connectivity index (χ1n) is 42.8. The van der Waals surface area contributed by atoms with Crippen molar-refractivity contribution in [1.82, 2.24) is 0 Å². The number of alkyl halides is 4. The minimum Gasteiger partial charge on any atom is 1.00 e. The molecule has 2 radical (unpaired) electrons. The zero-order chi connectivity index (χ0) is 79.8. The van der Waals surface area contributed by atoms with E-state index in [4.69, 9.17) is 9.90 Å². The molecule has 0 spiro atoms. The van der Waals surface area contributed by atoms with Gasteiger partial charge in [-0.25, -0.2) is 0 Å². The number of ketones is 3. The van der Waals surface area contributed by atoms with Gasteiger partial charge in [0.05, 0.1) is 33.8 Å². The number of carbonyl (C=O) groups excluding carboxylic acids is 4. The maximum Gasteiger partial charge on any atom is 1.00 e. The van der Waals surface area contributed by atoms with Gasteiger partial charge in [0.2, 0.25) is 0 Å². The number of aliphatic hydroxyl groups is 6. The van der Waals surface area contributed by atoms with Crippen molar-refractivity contribution in [2.75, 3.05) is 11.9 Å². The van der Waals surface area contributed by atoms with Crippen LogP contribution in [0.1, 0.15) is 308 Å². The van der Waals surface area contributed by atoms with Crippen LogP contribution >= 0.6 is 74.5 Å². The monoisotopic (exact) mass is 1780 g/mol. The smallest absolute Gasteiger partial charge is 1.00 e. The van der Waals surface area contributed by atoms with Crippen LogP contribution < -0.4 is 34.7 Å². The number of Topliss-reactive ketones (excluding diaryl/α,β-unsaturated/α-hetero) is 3. The van der Waals surface area contributed by atoms with Gasteiger partial charge in [-0.15, -0.1) is 0 Å². The summed E-state index contributed by atoms with van der Waals surface area (Å²) in [4.78, 5) is 45.6. The number of aliphatic hydroxyl groups excluding tert-OH is 2. The third kappa shape index (κ3) is 20.9. The first-order valence-corrected chi connectivity index (χ1v) is 46.6. The average Bonchev–Trinajstić information content (AvgIpc) is 1.51. The molecule has 2 unspecified atom stereocenters. The molecule has 618 valence electrons. The molecule has 0 aliphatic heterocycles. The number of rotatable bonds is 6. The number of fused-ring (bicyclic) bond motifs is 20. The molecule has 0 aromatic carbocycles. The second-order valence-electron chi connectivity index (χ2n) is 40.9. The number of halogens is 5. The van der Waals surface area contributed by atoms with Crippen molar-refractivity contribution < 1.29 is 97.7 Å². The Balaban J connectivity index is 0.000000192. The predicted molar refractivity (Wildman–Crippen MR) is 450 cm³/mol. The maximum atomic E-state index is 12.5. The molecule has 0 aromatic rings. The molecular formula is C87H141B3BrF3INaO11S3. The summed E-state index contributed by atoms with van der Waals surface area (Å²) in [6.07, 6.45) is 38.1. The molecule has 0 amide bonds. The molecule has 0 bridgehead atoms. The molecule has 6 N–H and O–H groups in total. The molecule has 0 saturated heterocycles. The second kappa shape index (κ2) is 40.0. The number of aliphatic carboxylic acids is 1. The molecule has 23 heteroatoms. The Morgan fingerprint density at radius 3 is 0.964 bits per heavy atom. The third-order valence-electron chi connectivity index (χ3n) is 35.4. The van der Waals surface area contributed by atoms with Crippen molar-refractivity contribution >= 4 is 115 Å². The molecule has 16 saturated carbocycles. The van der Waals surface area contributed by atoms with Gasteiger partial charge in [0.15, 0.2) is 5.78 Å². The van der Waals surface area contributed by atoms with Crippen LogP contribution in [0.25, 0.3) is 0 Å². The molecule has 11 nitrogen and oxygen atoms in total. The van der Waals surface area contributed by atoms with E-state index in [2.05, 4.69) is 100 Å². The summed E-state index contributed by atoms with van der Waals surface area (Å²) in [6.45, 7) is 29.6. The van der Waals surface area contributed by atoms with E-state index >= 15 is 0 Å². The van der Waals surface area contributed by atoms with Crippen molar-refractivity contribution in [3.63, 3.8) is 0 Å². The Labute approximate surface area is 724 Å². The molecule has 33 atom stereocenters. The van der Waals surface area contributed by atoms with Gasteiger partial charge in [0.25, 0.3) is 0 Å². The average molecular weight is 1780 g/mol. The molecule has 110 heavy (non-hydrogen) atoms. The van der Waals surface area contributed by atoms with E-state index in [1.807, 2.05) is 57.0 Å². The van der Waals surface area contributed by atoms with E-state index < -0.39 is 34.5 Å². The van der Waals surface area contributed by atoms with E-state index in [0.717, 1.165) is 189 Å². The number of hydrogen-bond donors (Lipinski definition) is 6. The fourth-order valence-electron chi connectivity index (χ4n) is 31.1. The maximum absolute atomic E-state index is 12.5. The predicted octanol–water partition coefficient (Wildman–Crippen LogP) is 16.1. The van der Waals surface area contributed by atoms with Gasteiger partial charge in [0, 0.05) is 17.8 Å². The number of hydrogen-bond acceptors (Lipinski definition) is 14. The van der Waals surface area contributed by atoms with Crippen LogP contribution in [0.4, 0.5) is 13.2 Å². The fourth-order valence-corrected chi connectivity index (χ4v) is 31.5. The van der Waals surface area contributed by atoms with Crippen molar-refractivity contribution in [3.8, 4) is 0 Å². The van der Waals surface area contributed by atoms with E-state index in [-0.39, 0.29) is 72.2 Å². The summed E-state index contributed by atoms with van der Waals surface area (Å²) in [5, 5.41) is 70.8. The van der Waals surface area contributed by atoms with Gasteiger partial charge < -0.3 is 40.5 Å². The summed E-state index contributed by atoms with van der Waals surface area (Å²) in [7, 11) is 0. The molecule has 0 heterocycles. The number of carboxylic acids is 1. The van der Waals surface area contributed by atoms with Crippen LogP contribution in [0.3, 0.4) is 0 Å². The van der Waals surface area contributed by atoms with Crippen molar-refractivity contribution in [2.24, 2.45) is 164 Å². The summed E-state index contributed by atoms with van der Waals surface area (Å²) in [6, 6.07) is 0. The SMILES string of the molecule is C.CC(=O)[C@H]1CC[C@H]2[C@@H]3CC[C@H]4C[C@](C)(O)CC[C@@H]4[C@H]3CC[C@]12C.CC(O)C1CC[C@H]2[C@@H]3CC[C@H]4C[C@](C)(O)CC[C@@H]4[C@H]3CC[C@]12C.C[C@@]1(O)CC[C@H]2[C@@H](CC[C@@H]3[C@@H]2CC[C@]2(C)[C@@H](C(=O)CBr)CC[C@@H]32)C1.C[C@@]1(O)CC[C@H]2[C@@H](CC[C@@H]3[C@@H]2CC[C@]2(C)[C@@H](C(=O)CO)CC[C@@H]32)C1.O=C([O-])C(F)(F)F.S=BI.[B]=S.[B]=S.[Na+]. The van der Waals surface area contributed by atoms with Crippen LogP contribution in [0.2, 0.25) is 0 Å². The zero-order valence-corrected chi connectivity index (χ0v) is 76.6. The fraction of sp³-hybridized carbons (Fsp3) is 0.954. The van der Waals surface area contributed by atoms with Crippen LogP contribution in [-0.4, -0.2) is 118 Å². The van der Waals surface area contributed by atoms with Gasteiger partial charge >= 0.3 is 112 Å². The minimum absolute atomic E-state index is 0. The summed E-state index contributed by atoms with van der Waals surface area (Å²) < 4.78 is 33.1. The summed E-state index contributed by atoms with van der Waals surface area (Å²) in [5.74, 6) is 15.6. The van der Waals surface area contributed by atoms with E-state index in [9.17, 15) is 58.2 Å².